The average molecular weight is 697 g/mol. The number of sulfonamides is 1. The number of carbonyl (C=O) groups excluding carboxylic acids is 4. The number of nitrogens with one attached hydrogen (secondary N) is 3. The molecule has 4 aliphatic rings. The van der Waals surface area contributed by atoms with Crippen molar-refractivity contribution in [3.63, 3.8) is 0 Å². The number of rotatable bonds is 6. The Morgan fingerprint density at radius 3 is 2.59 bits per heavy atom. The number of aromatic nitrogens is 4. The maximum absolute atomic E-state index is 14.4. The van der Waals surface area contributed by atoms with Gasteiger partial charge in [-0.05, 0) is 73.6 Å². The summed E-state index contributed by atoms with van der Waals surface area (Å²) in [6, 6.07) is 5.57. The van der Waals surface area contributed by atoms with Crippen LogP contribution in [0.1, 0.15) is 83.0 Å². The lowest BCUT2D eigenvalue weighted by Gasteiger charge is -2.35. The molecular weight excluding hydrogens is 652 g/mol. The fourth-order valence-electron chi connectivity index (χ4n) is 6.68. The first-order chi connectivity index (χ1) is 23.2. The molecule has 6 rings (SSSR count). The molecule has 0 spiro atoms. The van der Waals surface area contributed by atoms with Gasteiger partial charge in [-0.1, -0.05) is 45.0 Å². The van der Waals surface area contributed by atoms with Crippen molar-refractivity contribution in [3.8, 4) is 5.69 Å². The third-order valence-corrected chi connectivity index (χ3v) is 11.7. The summed E-state index contributed by atoms with van der Waals surface area (Å²) in [5.41, 5.74) is -0.516. The number of cyclic esters (lactones) is 1. The second kappa shape index (κ2) is 13.2. The van der Waals surface area contributed by atoms with Crippen LogP contribution in [-0.4, -0.2) is 93.4 Å². The Hall–Kier alpha value is -4.34. The molecule has 1 aromatic heterocycles. The summed E-state index contributed by atoms with van der Waals surface area (Å²) in [5.74, 6) is -2.67. The number of nitrogens with zero attached hydrogens (tertiary/aromatic N) is 5. The lowest BCUT2D eigenvalue weighted by atomic mass is 9.85. The third kappa shape index (κ3) is 7.19. The van der Waals surface area contributed by atoms with Crippen LogP contribution < -0.4 is 15.4 Å². The maximum Gasteiger partial charge on any atom is 0.407 e. The zero-order valence-electron chi connectivity index (χ0n) is 28.1. The van der Waals surface area contributed by atoms with Gasteiger partial charge >= 0.3 is 6.09 Å². The van der Waals surface area contributed by atoms with Gasteiger partial charge in [0.25, 0.3) is 5.91 Å². The summed E-state index contributed by atoms with van der Waals surface area (Å²) in [4.78, 5) is 57.7. The van der Waals surface area contributed by atoms with Crippen LogP contribution in [0.2, 0.25) is 0 Å². The number of hydrogen-bond donors (Lipinski definition) is 3. The fraction of sp³-hybridized carbons (Fsp3) is 0.606. The van der Waals surface area contributed by atoms with E-state index < -0.39 is 74.0 Å². The molecular formula is C33H44N8O7S. The van der Waals surface area contributed by atoms with Crippen molar-refractivity contribution in [3.05, 3.63) is 48.3 Å². The summed E-state index contributed by atoms with van der Waals surface area (Å²) in [7, 11) is -3.88. The molecule has 2 aromatic rings. The van der Waals surface area contributed by atoms with Crippen LogP contribution in [0.4, 0.5) is 4.79 Å². The third-order valence-electron chi connectivity index (χ3n) is 9.84. The molecule has 4 amide bonds. The number of para-hydroxylation sites is 1. The zero-order chi connectivity index (χ0) is 35.1. The van der Waals surface area contributed by atoms with Gasteiger partial charge < -0.3 is 20.3 Å². The number of benzene rings is 1. The van der Waals surface area contributed by atoms with Crippen LogP contribution in [0.5, 0.6) is 0 Å². The molecule has 1 aromatic carbocycles. The highest BCUT2D eigenvalue weighted by molar-refractivity contribution is 7.91. The minimum atomic E-state index is -3.88. The molecule has 16 heteroatoms. The summed E-state index contributed by atoms with van der Waals surface area (Å²) in [6.07, 6.45) is 5.00. The Bertz CT molecular complexity index is 1750. The van der Waals surface area contributed by atoms with E-state index in [1.54, 1.807) is 20.8 Å². The summed E-state index contributed by atoms with van der Waals surface area (Å²) >= 11 is 0. The van der Waals surface area contributed by atoms with Crippen molar-refractivity contribution in [1.82, 2.24) is 40.5 Å². The fourth-order valence-corrected chi connectivity index (χ4v) is 8.04. The van der Waals surface area contributed by atoms with Crippen LogP contribution in [0.25, 0.3) is 5.69 Å². The Balaban J connectivity index is 1.33. The molecule has 3 N–H and O–H groups in total. The predicted molar refractivity (Wildman–Crippen MR) is 177 cm³/mol. The van der Waals surface area contributed by atoms with E-state index in [9.17, 15) is 27.6 Å². The highest BCUT2D eigenvalue weighted by Crippen LogP contribution is 2.46. The Morgan fingerprint density at radius 1 is 1.14 bits per heavy atom. The van der Waals surface area contributed by atoms with Crippen LogP contribution in [-0.2, 0) is 35.6 Å². The van der Waals surface area contributed by atoms with Gasteiger partial charge in [-0.15, -0.1) is 21.6 Å². The van der Waals surface area contributed by atoms with Crippen LogP contribution in [0.15, 0.2) is 36.9 Å². The highest BCUT2D eigenvalue weighted by atomic mass is 32.2. The zero-order valence-corrected chi connectivity index (χ0v) is 28.9. The van der Waals surface area contributed by atoms with Gasteiger partial charge in [-0.25, -0.2) is 13.2 Å². The van der Waals surface area contributed by atoms with E-state index in [4.69, 9.17) is 4.74 Å². The van der Waals surface area contributed by atoms with Gasteiger partial charge in [0.1, 0.15) is 17.6 Å². The lowest BCUT2D eigenvalue weighted by Crippen LogP contribution is -2.60. The molecule has 3 fully saturated rings. The molecule has 3 heterocycles. The molecule has 2 aliphatic heterocycles. The van der Waals surface area contributed by atoms with Crippen molar-refractivity contribution in [2.75, 3.05) is 13.2 Å². The Morgan fingerprint density at radius 2 is 1.90 bits per heavy atom. The second-order valence-corrected chi connectivity index (χ2v) is 16.5. The second-order valence-electron chi connectivity index (χ2n) is 14.6. The normalized spacial score (nSPS) is 27.9. The number of alkyl carbamates (subject to hydrolysis) is 1. The predicted octanol–water partition coefficient (Wildman–Crippen LogP) is 1.88. The molecule has 0 radical (unpaired) electrons. The SMILES string of the molecule is C=C[C@@H]1C[C@]1(NC(=O)[C@@H]1C[C@@H]2CN1C(=O)[C@H](C(C)(C)C)NC(=O)OCCCCCc1ccccc1-n1nnc2n1)C(=O)NS(=O)(=O)C1CC1. The molecule has 0 unspecified atom stereocenters. The quantitative estimate of drug-likeness (QED) is 0.376. The first-order valence-electron chi connectivity index (χ1n) is 16.9. The molecule has 15 nitrogen and oxygen atoms in total. The van der Waals surface area contributed by atoms with E-state index in [2.05, 4.69) is 37.3 Å². The number of tetrazole rings is 1. The molecule has 2 aliphatic carbocycles. The van der Waals surface area contributed by atoms with Gasteiger partial charge in [0.05, 0.1) is 17.5 Å². The van der Waals surface area contributed by atoms with Gasteiger partial charge in [0.15, 0.2) is 5.82 Å². The summed E-state index contributed by atoms with van der Waals surface area (Å²) in [6.45, 7) is 9.37. The van der Waals surface area contributed by atoms with Crippen molar-refractivity contribution in [1.29, 1.82) is 0 Å². The molecule has 4 bridgehead atoms. The van der Waals surface area contributed by atoms with Gasteiger partial charge in [0, 0.05) is 18.4 Å². The number of carbonyl (C=O) groups is 4. The molecule has 2 saturated carbocycles. The molecule has 49 heavy (non-hydrogen) atoms. The maximum atomic E-state index is 14.4. The summed E-state index contributed by atoms with van der Waals surface area (Å²) < 4.78 is 32.9. The minimum Gasteiger partial charge on any atom is -0.450 e. The van der Waals surface area contributed by atoms with Crippen LogP contribution in [0, 0.1) is 11.3 Å². The number of aryl methyl sites for hydroxylation is 1. The number of hydrogen-bond acceptors (Lipinski definition) is 10. The van der Waals surface area contributed by atoms with E-state index in [1.807, 2.05) is 24.3 Å². The number of ether oxygens (including phenoxy) is 1. The van der Waals surface area contributed by atoms with Crippen LogP contribution >= 0.6 is 0 Å². The smallest absolute Gasteiger partial charge is 0.407 e. The monoisotopic (exact) mass is 696 g/mol. The van der Waals surface area contributed by atoms with Crippen molar-refractivity contribution >= 4 is 33.8 Å². The van der Waals surface area contributed by atoms with E-state index in [1.165, 1.54) is 15.8 Å². The Kier molecular flexibility index (Phi) is 9.28. The molecule has 264 valence electrons. The van der Waals surface area contributed by atoms with Crippen molar-refractivity contribution in [2.24, 2.45) is 11.3 Å². The topological polar surface area (TPSA) is 195 Å². The molecule has 5 atom stereocenters. The van der Waals surface area contributed by atoms with Gasteiger partial charge in [0.2, 0.25) is 21.8 Å². The summed E-state index contributed by atoms with van der Waals surface area (Å²) in [5, 5.41) is 18.2. The van der Waals surface area contributed by atoms with Crippen molar-refractivity contribution < 1.29 is 32.3 Å². The minimum absolute atomic E-state index is 0.0354. The lowest BCUT2D eigenvalue weighted by molar-refractivity contribution is -0.142. The van der Waals surface area contributed by atoms with E-state index >= 15 is 0 Å². The number of amides is 4. The van der Waals surface area contributed by atoms with Crippen molar-refractivity contribution in [2.45, 2.75) is 101 Å². The Labute approximate surface area is 285 Å². The van der Waals surface area contributed by atoms with E-state index in [0.29, 0.717) is 25.1 Å². The van der Waals surface area contributed by atoms with Crippen LogP contribution in [0.3, 0.4) is 0 Å². The average Bonchev–Trinajstić information content (AvgIpc) is 3.93. The highest BCUT2D eigenvalue weighted by Gasteiger charge is 2.62. The number of fused-ring (bicyclic) bond motifs is 7. The van der Waals surface area contributed by atoms with E-state index in [0.717, 1.165) is 30.5 Å². The molecule has 1 saturated heterocycles. The standard InChI is InChI=1S/C33H44N8O7S/c1-5-22-18-33(22,30(44)38-49(46,47)23-14-15-23)35-28(42)25-17-21-19-40(25)29(43)26(32(2,3)4)34-31(45)48-16-10-6-7-11-20-12-8-9-13-24(20)41-37-27(21)36-39-41/h5,8-9,12-13,21-23,25-26H,1,6-7,10-11,14-19H2,2-4H3,(H,34,45)(H,35,42)(H,38,44)/t21-,22-,25+,26-,33-/m1/s1. The van der Waals surface area contributed by atoms with Gasteiger partial charge in [-0.3, -0.25) is 19.1 Å². The van der Waals surface area contributed by atoms with E-state index in [-0.39, 0.29) is 26.0 Å². The first-order valence-corrected chi connectivity index (χ1v) is 18.4. The first kappa shape index (κ1) is 34.5. The van der Waals surface area contributed by atoms with Gasteiger partial charge in [-0.2, -0.15) is 0 Å². The largest absolute Gasteiger partial charge is 0.450 e.